The molecule has 156 valence electrons. The van der Waals surface area contributed by atoms with Crippen molar-refractivity contribution in [1.29, 1.82) is 5.26 Å². The van der Waals surface area contributed by atoms with Crippen molar-refractivity contribution >= 4 is 11.8 Å². The number of thioether (sulfide) groups is 1. The van der Waals surface area contributed by atoms with Gasteiger partial charge in [0.15, 0.2) is 0 Å². The molecule has 7 heteroatoms. The summed E-state index contributed by atoms with van der Waals surface area (Å²) in [7, 11) is 0. The Morgan fingerprint density at radius 2 is 1.39 bits per heavy atom. The minimum absolute atomic E-state index is 0.00661. The van der Waals surface area contributed by atoms with Crippen molar-refractivity contribution in [2.45, 2.75) is 24.7 Å². The van der Waals surface area contributed by atoms with E-state index in [1.54, 1.807) is 5.40 Å². The molecule has 0 saturated heterocycles. The normalized spacial score (nSPS) is 10.4. The summed E-state index contributed by atoms with van der Waals surface area (Å²) < 4.78 is 70.6. The van der Waals surface area contributed by atoms with Gasteiger partial charge in [0.25, 0.3) is 0 Å². The molecular formula is C24H14F5NS. The Labute approximate surface area is 180 Å². The van der Waals surface area contributed by atoms with E-state index in [0.29, 0.717) is 18.2 Å². The highest BCUT2D eigenvalue weighted by molar-refractivity contribution is 8.03. The lowest BCUT2D eigenvalue weighted by Gasteiger charge is -2.08. The quantitative estimate of drug-likeness (QED) is 0.188. The van der Waals surface area contributed by atoms with Crippen molar-refractivity contribution in [2.75, 3.05) is 0 Å². The Balaban J connectivity index is 1.91. The van der Waals surface area contributed by atoms with Crippen molar-refractivity contribution in [2.24, 2.45) is 0 Å². The van der Waals surface area contributed by atoms with Gasteiger partial charge >= 0.3 is 0 Å². The highest BCUT2D eigenvalue weighted by Crippen LogP contribution is 2.27. The van der Waals surface area contributed by atoms with Crippen LogP contribution < -0.4 is 0 Å². The molecule has 0 N–H and O–H groups in total. The van der Waals surface area contributed by atoms with E-state index in [9.17, 15) is 22.0 Å². The standard InChI is InChI=1S/C24H14F5NS/c1-2-3-18-20(26)11-17(12-21(18)27)16-7-6-15(19(25)10-16)5-4-14-8-22(28)24(31-13-30)23(29)9-14/h6-12H,2-3H2,1H3. The molecule has 0 saturated carbocycles. The molecule has 0 aromatic heterocycles. The highest BCUT2D eigenvalue weighted by Gasteiger charge is 2.13. The Kier molecular flexibility index (Phi) is 6.99. The molecule has 0 spiro atoms. The lowest BCUT2D eigenvalue weighted by Crippen LogP contribution is -1.97. The smallest absolute Gasteiger partial charge is 0.142 e. The van der Waals surface area contributed by atoms with Crippen molar-refractivity contribution in [3.63, 3.8) is 0 Å². The van der Waals surface area contributed by atoms with Gasteiger partial charge in [-0.2, -0.15) is 5.26 Å². The van der Waals surface area contributed by atoms with Crippen LogP contribution in [0.2, 0.25) is 0 Å². The molecule has 0 radical (unpaired) electrons. The van der Waals surface area contributed by atoms with Gasteiger partial charge in [-0.1, -0.05) is 31.3 Å². The number of rotatable bonds is 4. The largest absolute Gasteiger partial charge is 0.207 e. The number of halogens is 5. The number of hydrogen-bond acceptors (Lipinski definition) is 2. The van der Waals surface area contributed by atoms with Crippen molar-refractivity contribution in [1.82, 2.24) is 0 Å². The summed E-state index contributed by atoms with van der Waals surface area (Å²) in [6, 6.07) is 8.07. The first-order valence-electron chi connectivity index (χ1n) is 9.18. The molecule has 0 heterocycles. The molecule has 0 bridgehead atoms. The van der Waals surface area contributed by atoms with E-state index in [-0.39, 0.29) is 34.2 Å². The maximum absolute atomic E-state index is 14.5. The minimum atomic E-state index is -0.942. The fourth-order valence-corrected chi connectivity index (χ4v) is 3.37. The number of benzene rings is 3. The van der Waals surface area contributed by atoms with Crippen LogP contribution in [0.15, 0.2) is 47.4 Å². The predicted molar refractivity (Wildman–Crippen MR) is 110 cm³/mol. The van der Waals surface area contributed by atoms with Crippen LogP contribution in [0.4, 0.5) is 22.0 Å². The van der Waals surface area contributed by atoms with Gasteiger partial charge in [0, 0.05) is 11.1 Å². The molecule has 0 aliphatic carbocycles. The zero-order chi connectivity index (χ0) is 22.5. The lowest BCUT2D eigenvalue weighted by molar-refractivity contribution is 0.540. The third kappa shape index (κ3) is 5.07. The maximum atomic E-state index is 14.5. The number of nitrogens with zero attached hydrogens (tertiary/aromatic N) is 1. The van der Waals surface area contributed by atoms with Gasteiger partial charge in [-0.25, -0.2) is 22.0 Å². The van der Waals surface area contributed by atoms with Crippen LogP contribution in [0.5, 0.6) is 0 Å². The van der Waals surface area contributed by atoms with E-state index in [2.05, 4.69) is 11.8 Å². The van der Waals surface area contributed by atoms with Crippen LogP contribution >= 0.6 is 11.8 Å². The molecule has 0 aliphatic rings. The van der Waals surface area contributed by atoms with Gasteiger partial charge in [-0.3, -0.25) is 0 Å². The summed E-state index contributed by atoms with van der Waals surface area (Å²) in [6.45, 7) is 1.81. The number of hydrogen-bond donors (Lipinski definition) is 0. The Bertz CT molecular complexity index is 1210. The second kappa shape index (κ2) is 9.68. The fraction of sp³-hybridized carbons (Fsp3) is 0.125. The van der Waals surface area contributed by atoms with Crippen LogP contribution in [0.25, 0.3) is 11.1 Å². The average molecular weight is 443 g/mol. The molecule has 31 heavy (non-hydrogen) atoms. The molecule has 3 aromatic carbocycles. The molecule has 0 amide bonds. The first-order chi connectivity index (χ1) is 14.8. The van der Waals surface area contributed by atoms with Crippen LogP contribution in [0.1, 0.15) is 30.0 Å². The van der Waals surface area contributed by atoms with E-state index in [4.69, 9.17) is 5.26 Å². The third-order valence-electron chi connectivity index (χ3n) is 4.43. The summed E-state index contributed by atoms with van der Waals surface area (Å²) in [5.74, 6) is 0.937. The second-order valence-corrected chi connectivity index (χ2v) is 7.37. The molecule has 1 nitrogen and oxygen atoms in total. The average Bonchev–Trinajstić information content (AvgIpc) is 2.72. The summed E-state index contributed by atoms with van der Waals surface area (Å²) in [5.41, 5.74) is 0.356. The summed E-state index contributed by atoms with van der Waals surface area (Å²) in [5, 5.41) is 10.2. The van der Waals surface area contributed by atoms with Crippen molar-refractivity contribution in [3.05, 3.63) is 88.2 Å². The Morgan fingerprint density at radius 3 is 1.94 bits per heavy atom. The third-order valence-corrected chi connectivity index (χ3v) is 5.12. The summed E-state index contributed by atoms with van der Waals surface area (Å²) >= 11 is 0.353. The fourth-order valence-electron chi connectivity index (χ4n) is 2.97. The molecule has 3 aromatic rings. The van der Waals surface area contributed by atoms with Gasteiger partial charge in [-0.05, 0) is 65.7 Å². The highest BCUT2D eigenvalue weighted by atomic mass is 32.2. The molecule has 0 fully saturated rings. The van der Waals surface area contributed by atoms with Gasteiger partial charge < -0.3 is 0 Å². The summed E-state index contributed by atoms with van der Waals surface area (Å²) in [4.78, 5) is -0.437. The maximum Gasteiger partial charge on any atom is 0.142 e. The molecule has 0 atom stereocenters. The zero-order valence-electron chi connectivity index (χ0n) is 16.2. The van der Waals surface area contributed by atoms with Crippen LogP contribution in [0, 0.1) is 51.6 Å². The number of nitriles is 1. The van der Waals surface area contributed by atoms with Crippen LogP contribution in [-0.4, -0.2) is 0 Å². The lowest BCUT2D eigenvalue weighted by atomic mass is 9.99. The van der Waals surface area contributed by atoms with E-state index in [0.717, 1.165) is 30.3 Å². The van der Waals surface area contributed by atoms with Crippen LogP contribution in [-0.2, 0) is 6.42 Å². The molecule has 0 aliphatic heterocycles. The molecular weight excluding hydrogens is 429 g/mol. The SMILES string of the molecule is CCCc1c(F)cc(-c2ccc(C#Cc3cc(F)c(SC#N)c(F)c3)c(F)c2)cc1F. The molecule has 3 rings (SSSR count). The summed E-state index contributed by atoms with van der Waals surface area (Å²) in [6.07, 6.45) is 0.848. The number of thiocyanates is 1. The van der Waals surface area contributed by atoms with E-state index >= 15 is 0 Å². The van der Waals surface area contributed by atoms with E-state index in [1.807, 2.05) is 6.92 Å². The van der Waals surface area contributed by atoms with Gasteiger partial charge in [0.1, 0.15) is 34.5 Å². The Morgan fingerprint density at radius 1 is 0.774 bits per heavy atom. The zero-order valence-corrected chi connectivity index (χ0v) is 17.0. The first-order valence-corrected chi connectivity index (χ1v) is 10.0. The second-order valence-electron chi connectivity index (χ2n) is 6.58. The van der Waals surface area contributed by atoms with Crippen molar-refractivity contribution in [3.8, 4) is 28.4 Å². The van der Waals surface area contributed by atoms with Crippen molar-refractivity contribution < 1.29 is 22.0 Å². The van der Waals surface area contributed by atoms with E-state index in [1.165, 1.54) is 12.1 Å². The predicted octanol–water partition coefficient (Wildman–Crippen LogP) is 6.97. The van der Waals surface area contributed by atoms with Gasteiger partial charge in [-0.15, -0.1) is 0 Å². The van der Waals surface area contributed by atoms with Gasteiger partial charge in [0.05, 0.1) is 10.5 Å². The van der Waals surface area contributed by atoms with Crippen LogP contribution in [0.3, 0.4) is 0 Å². The monoisotopic (exact) mass is 443 g/mol. The Hall–Kier alpha value is -3.29. The first kappa shape index (κ1) is 22.4. The van der Waals surface area contributed by atoms with Gasteiger partial charge in [0.2, 0.25) is 0 Å². The van der Waals surface area contributed by atoms with E-state index < -0.39 is 34.0 Å². The molecule has 0 unspecified atom stereocenters. The minimum Gasteiger partial charge on any atom is -0.207 e. The topological polar surface area (TPSA) is 23.8 Å².